The maximum Gasteiger partial charge on any atom is 0.327 e. The number of nitrogens with one attached hydrogen (secondary N) is 4. The number of hydrogen-bond donors (Lipinski definition) is 6. The first-order chi connectivity index (χ1) is 7.93. The van der Waals surface area contributed by atoms with Crippen molar-refractivity contribution in [2.24, 2.45) is 0 Å². The van der Waals surface area contributed by atoms with Gasteiger partial charge >= 0.3 is 11.4 Å². The van der Waals surface area contributed by atoms with Gasteiger partial charge in [0.25, 0.3) is 5.56 Å². The maximum atomic E-state index is 10.9. The monoisotopic (exact) mass is 244 g/mol. The Morgan fingerprint density at radius 3 is 2.00 bits per heavy atom. The molecule has 0 bridgehead atoms. The molecule has 0 saturated heterocycles. The van der Waals surface area contributed by atoms with Crippen LogP contribution in [0.4, 0.5) is 0 Å². The van der Waals surface area contributed by atoms with Crippen molar-refractivity contribution in [2.45, 2.75) is 13.0 Å². The molecular weight excluding hydrogens is 232 g/mol. The zero-order valence-corrected chi connectivity index (χ0v) is 8.90. The molecule has 0 amide bonds. The summed E-state index contributed by atoms with van der Waals surface area (Å²) in [6.07, 6.45) is -0.560. The van der Waals surface area contributed by atoms with Gasteiger partial charge in [-0.3, -0.25) is 24.7 Å². The van der Waals surface area contributed by atoms with E-state index in [1.54, 1.807) is 0 Å². The second-order valence-electron chi connectivity index (χ2n) is 3.27. The third kappa shape index (κ3) is 3.43. The molecule has 0 aliphatic carbocycles. The lowest BCUT2D eigenvalue weighted by Gasteiger charge is -1.90. The van der Waals surface area contributed by atoms with E-state index >= 15 is 0 Å². The summed E-state index contributed by atoms with van der Waals surface area (Å²) in [5.41, 5.74) is -1.65. The quantitative estimate of drug-likeness (QED) is 0.329. The van der Waals surface area contributed by atoms with Gasteiger partial charge in [-0.2, -0.15) is 0 Å². The summed E-state index contributed by atoms with van der Waals surface area (Å²) in [5, 5.41) is 16.0. The molecule has 2 aromatic heterocycles. The van der Waals surface area contributed by atoms with Gasteiger partial charge in [-0.15, -0.1) is 0 Å². The number of aliphatic hydroxyl groups excluding tert-OH is 2. The predicted molar refractivity (Wildman–Crippen MR) is 58.9 cm³/mol. The Labute approximate surface area is 93.2 Å². The highest BCUT2D eigenvalue weighted by Crippen LogP contribution is 1.88. The molecule has 9 heteroatoms. The Balaban J connectivity index is 0.000000249. The molecule has 0 aliphatic rings. The van der Waals surface area contributed by atoms with Gasteiger partial charge in [0.05, 0.1) is 12.7 Å². The fourth-order valence-electron chi connectivity index (χ4n) is 0.958. The molecule has 0 spiro atoms. The lowest BCUT2D eigenvalue weighted by molar-refractivity contribution is 0.110. The Morgan fingerprint density at radius 2 is 1.53 bits per heavy atom. The molecule has 9 nitrogen and oxygen atoms in total. The average molecular weight is 244 g/mol. The van der Waals surface area contributed by atoms with Crippen molar-refractivity contribution in [3.8, 4) is 0 Å². The highest BCUT2D eigenvalue weighted by atomic mass is 16.3. The van der Waals surface area contributed by atoms with Crippen molar-refractivity contribution in [1.82, 2.24) is 19.9 Å². The summed E-state index contributed by atoms with van der Waals surface area (Å²) in [6, 6.07) is 0. The molecule has 2 heterocycles. The molecule has 0 saturated carbocycles. The molecule has 17 heavy (non-hydrogen) atoms. The number of H-pyrrole nitrogens is 4. The van der Waals surface area contributed by atoms with Crippen molar-refractivity contribution >= 4 is 11.2 Å². The summed E-state index contributed by atoms with van der Waals surface area (Å²) in [7, 11) is 0. The largest absolute Gasteiger partial charge is 0.394 e. The SMILES string of the molecule is CC(O)CO.O=c1[nH]c(=O)c2[nH]c(=O)[nH]c2[nH]1. The van der Waals surface area contributed by atoms with Gasteiger partial charge in [-0.05, 0) is 6.92 Å². The maximum absolute atomic E-state index is 10.9. The minimum atomic E-state index is -0.650. The van der Waals surface area contributed by atoms with Crippen molar-refractivity contribution < 1.29 is 10.2 Å². The molecule has 1 unspecified atom stereocenters. The van der Waals surface area contributed by atoms with E-state index in [1.165, 1.54) is 6.92 Å². The predicted octanol–water partition coefficient (Wildman–Crippen LogP) is -2.41. The first kappa shape index (κ1) is 12.9. The smallest absolute Gasteiger partial charge is 0.327 e. The highest BCUT2D eigenvalue weighted by molar-refractivity contribution is 5.67. The van der Waals surface area contributed by atoms with Crippen LogP contribution in [0.25, 0.3) is 11.2 Å². The Morgan fingerprint density at radius 1 is 1.06 bits per heavy atom. The molecule has 0 radical (unpaired) electrons. The van der Waals surface area contributed by atoms with Crippen molar-refractivity contribution in [1.29, 1.82) is 0 Å². The Kier molecular flexibility index (Phi) is 4.01. The van der Waals surface area contributed by atoms with Gasteiger partial charge in [0.15, 0.2) is 0 Å². The van der Waals surface area contributed by atoms with Gasteiger partial charge in [0, 0.05) is 0 Å². The summed E-state index contributed by atoms with van der Waals surface area (Å²) < 4.78 is 0. The molecule has 94 valence electrons. The molecule has 0 aliphatic heterocycles. The number of aromatic nitrogens is 4. The van der Waals surface area contributed by atoms with Crippen LogP contribution in [0.1, 0.15) is 6.92 Å². The van der Waals surface area contributed by atoms with Crippen molar-refractivity contribution in [3.05, 3.63) is 31.3 Å². The normalized spacial score (nSPS) is 11.9. The van der Waals surface area contributed by atoms with E-state index in [4.69, 9.17) is 10.2 Å². The van der Waals surface area contributed by atoms with E-state index in [9.17, 15) is 14.4 Å². The molecule has 2 aromatic rings. The molecule has 6 N–H and O–H groups in total. The van der Waals surface area contributed by atoms with Crippen LogP contribution in [-0.4, -0.2) is 42.9 Å². The second-order valence-corrected chi connectivity index (χ2v) is 3.27. The van der Waals surface area contributed by atoms with E-state index in [1.807, 2.05) is 4.98 Å². The van der Waals surface area contributed by atoms with Crippen LogP contribution in [0.3, 0.4) is 0 Å². The molecule has 2 rings (SSSR count). The van der Waals surface area contributed by atoms with Crippen LogP contribution in [0.5, 0.6) is 0 Å². The molecule has 0 fully saturated rings. The summed E-state index contributed by atoms with van der Waals surface area (Å²) in [5.74, 6) is 0. The minimum absolute atomic E-state index is 0.0413. The van der Waals surface area contributed by atoms with Gasteiger partial charge in [-0.25, -0.2) is 9.59 Å². The van der Waals surface area contributed by atoms with Crippen LogP contribution >= 0.6 is 0 Å². The van der Waals surface area contributed by atoms with Gasteiger partial charge in [0.1, 0.15) is 11.2 Å². The van der Waals surface area contributed by atoms with Gasteiger partial charge < -0.3 is 10.2 Å². The molecule has 1 atom stereocenters. The number of fused-ring (bicyclic) bond motifs is 1. The number of rotatable bonds is 1. The minimum Gasteiger partial charge on any atom is -0.394 e. The second kappa shape index (κ2) is 5.27. The van der Waals surface area contributed by atoms with Crippen molar-refractivity contribution in [3.63, 3.8) is 0 Å². The van der Waals surface area contributed by atoms with Crippen LogP contribution in [0, 0.1) is 0 Å². The topological polar surface area (TPSA) is 155 Å². The fraction of sp³-hybridized carbons (Fsp3) is 0.375. The Hall–Kier alpha value is -2.13. The summed E-state index contributed by atoms with van der Waals surface area (Å²) in [6.45, 7) is 1.39. The zero-order chi connectivity index (χ0) is 13.0. The molecular formula is C8H12N4O5. The first-order valence-corrected chi connectivity index (χ1v) is 4.67. The van der Waals surface area contributed by atoms with E-state index in [2.05, 4.69) is 15.0 Å². The van der Waals surface area contributed by atoms with Gasteiger partial charge in [-0.1, -0.05) is 0 Å². The molecule has 0 aromatic carbocycles. The van der Waals surface area contributed by atoms with Crippen LogP contribution in [-0.2, 0) is 0 Å². The van der Waals surface area contributed by atoms with E-state index in [0.717, 1.165) is 0 Å². The number of hydrogen-bond acceptors (Lipinski definition) is 5. The van der Waals surface area contributed by atoms with Crippen LogP contribution < -0.4 is 16.9 Å². The van der Waals surface area contributed by atoms with Crippen molar-refractivity contribution in [2.75, 3.05) is 6.61 Å². The van der Waals surface area contributed by atoms with Gasteiger partial charge in [0.2, 0.25) is 0 Å². The van der Waals surface area contributed by atoms with E-state index < -0.39 is 23.0 Å². The standard InChI is InChI=1S/C5H4N4O3.C3H8O2/c10-3-1-2(7-4(11)6-1)8-5(12)9-3;1-3(5)2-4/h(H4,6,7,8,9,10,11,12);3-5H,2H2,1H3. The number of aromatic amines is 4. The Bertz CT molecular complexity index is 646. The van der Waals surface area contributed by atoms with Crippen LogP contribution in [0.2, 0.25) is 0 Å². The van der Waals surface area contributed by atoms with Crippen LogP contribution in [0.15, 0.2) is 14.4 Å². The third-order valence-corrected chi connectivity index (χ3v) is 1.68. The average Bonchev–Trinajstić information content (AvgIpc) is 2.59. The summed E-state index contributed by atoms with van der Waals surface area (Å²) in [4.78, 5) is 41.0. The lowest BCUT2D eigenvalue weighted by Crippen LogP contribution is -2.21. The first-order valence-electron chi connectivity index (χ1n) is 4.67. The van der Waals surface area contributed by atoms with E-state index in [-0.39, 0.29) is 17.8 Å². The van der Waals surface area contributed by atoms with E-state index in [0.29, 0.717) is 0 Å². The fourth-order valence-corrected chi connectivity index (χ4v) is 0.958. The summed E-state index contributed by atoms with van der Waals surface area (Å²) >= 11 is 0. The zero-order valence-electron chi connectivity index (χ0n) is 8.90. The number of imidazole rings is 1. The number of aliphatic hydroxyl groups is 2. The lowest BCUT2D eigenvalue weighted by atomic mass is 10.5. The third-order valence-electron chi connectivity index (χ3n) is 1.68. The highest BCUT2D eigenvalue weighted by Gasteiger charge is 2.02.